The predicted molar refractivity (Wildman–Crippen MR) is 159 cm³/mol. The van der Waals surface area contributed by atoms with Crippen LogP contribution >= 0.6 is 22.9 Å². The van der Waals surface area contributed by atoms with Gasteiger partial charge in [-0.05, 0) is 43.2 Å². The molecule has 0 N–H and O–H groups in total. The first-order chi connectivity index (χ1) is 19.5. The summed E-state index contributed by atoms with van der Waals surface area (Å²) in [6, 6.07) is 24.8. The van der Waals surface area contributed by atoms with Crippen LogP contribution in [0.15, 0.2) is 106 Å². The lowest BCUT2D eigenvalue weighted by Crippen LogP contribution is -2.39. The number of benzene rings is 3. The number of aromatic nitrogens is 2. The van der Waals surface area contributed by atoms with E-state index in [9.17, 15) is 9.59 Å². The summed E-state index contributed by atoms with van der Waals surface area (Å²) in [4.78, 5) is 32.3. The van der Waals surface area contributed by atoms with Crippen LogP contribution in [0.4, 0.5) is 0 Å². The minimum Gasteiger partial charge on any atom is -0.463 e. The maximum atomic E-state index is 14.0. The molecule has 0 bridgehead atoms. The minimum atomic E-state index is -0.625. The molecule has 0 saturated carbocycles. The van der Waals surface area contributed by atoms with Crippen LogP contribution in [0.1, 0.15) is 36.6 Å². The van der Waals surface area contributed by atoms with Crippen LogP contribution in [-0.4, -0.2) is 21.7 Å². The third-order valence-electron chi connectivity index (χ3n) is 7.04. The molecule has 6 nitrogen and oxygen atoms in total. The number of hydrogen-bond donors (Lipinski definition) is 0. The van der Waals surface area contributed by atoms with Crippen molar-refractivity contribution in [1.82, 2.24) is 9.13 Å². The van der Waals surface area contributed by atoms with Crippen molar-refractivity contribution >= 4 is 45.9 Å². The van der Waals surface area contributed by atoms with Gasteiger partial charge in [-0.1, -0.05) is 89.7 Å². The number of ether oxygens (including phenoxy) is 1. The van der Waals surface area contributed by atoms with Gasteiger partial charge in [-0.25, -0.2) is 9.79 Å². The maximum Gasteiger partial charge on any atom is 0.338 e. The Morgan fingerprint density at radius 2 is 1.77 bits per heavy atom. The topological polar surface area (TPSA) is 65.6 Å². The van der Waals surface area contributed by atoms with Gasteiger partial charge in [0.1, 0.15) is 0 Å². The minimum absolute atomic E-state index is 0.199. The molecule has 0 unspecified atom stereocenters. The van der Waals surface area contributed by atoms with Crippen LogP contribution in [0.2, 0.25) is 5.02 Å². The van der Waals surface area contributed by atoms with Gasteiger partial charge in [0.25, 0.3) is 5.56 Å². The van der Waals surface area contributed by atoms with E-state index in [1.165, 1.54) is 11.3 Å². The Morgan fingerprint density at radius 3 is 2.55 bits per heavy atom. The van der Waals surface area contributed by atoms with E-state index in [0.29, 0.717) is 32.2 Å². The van der Waals surface area contributed by atoms with Gasteiger partial charge in [0.15, 0.2) is 4.80 Å². The number of thiazole rings is 1. The van der Waals surface area contributed by atoms with E-state index >= 15 is 0 Å². The molecule has 40 heavy (non-hydrogen) atoms. The largest absolute Gasteiger partial charge is 0.463 e. The van der Waals surface area contributed by atoms with Crippen molar-refractivity contribution < 1.29 is 9.53 Å². The Bertz CT molecular complexity index is 1970. The molecule has 1 aliphatic heterocycles. The van der Waals surface area contributed by atoms with Crippen LogP contribution in [-0.2, 0) is 16.1 Å². The second-order valence-electron chi connectivity index (χ2n) is 9.53. The highest BCUT2D eigenvalue weighted by atomic mass is 35.5. The molecule has 8 heteroatoms. The van der Waals surface area contributed by atoms with Crippen LogP contribution < -0.4 is 14.9 Å². The first-order valence-electron chi connectivity index (χ1n) is 13.0. The lowest BCUT2D eigenvalue weighted by atomic mass is 9.96. The Labute approximate surface area is 239 Å². The highest BCUT2D eigenvalue weighted by Gasteiger charge is 2.33. The quantitative estimate of drug-likeness (QED) is 0.256. The molecule has 0 amide bonds. The molecule has 3 heterocycles. The summed E-state index contributed by atoms with van der Waals surface area (Å²) in [5.41, 5.74) is 4.54. The molecular formula is C32H26ClN3O3S. The average molecular weight is 568 g/mol. The third kappa shape index (κ3) is 4.61. The Balaban J connectivity index is 1.52. The number of allylic oxidation sites excluding steroid dienone is 1. The van der Waals surface area contributed by atoms with Gasteiger partial charge in [-0.15, -0.1) is 0 Å². The number of esters is 1. The van der Waals surface area contributed by atoms with Gasteiger partial charge in [-0.2, -0.15) is 0 Å². The van der Waals surface area contributed by atoms with Crippen LogP contribution in [0, 0.1) is 0 Å². The summed E-state index contributed by atoms with van der Waals surface area (Å²) in [5, 5.41) is 1.74. The molecular weight excluding hydrogens is 542 g/mol. The molecule has 3 aromatic carbocycles. The molecule has 0 aliphatic carbocycles. The molecule has 0 radical (unpaired) electrons. The van der Waals surface area contributed by atoms with Crippen LogP contribution in [0.5, 0.6) is 0 Å². The zero-order valence-electron chi connectivity index (χ0n) is 22.0. The van der Waals surface area contributed by atoms with E-state index < -0.39 is 12.0 Å². The zero-order chi connectivity index (χ0) is 27.8. The molecule has 0 saturated heterocycles. The molecule has 0 fully saturated rings. The van der Waals surface area contributed by atoms with Gasteiger partial charge < -0.3 is 9.30 Å². The molecule has 6 rings (SSSR count). The highest BCUT2D eigenvalue weighted by molar-refractivity contribution is 7.07. The fourth-order valence-electron chi connectivity index (χ4n) is 5.21. The van der Waals surface area contributed by atoms with Crippen molar-refractivity contribution in [2.24, 2.45) is 4.99 Å². The standard InChI is InChI=1S/C32H26ClN3O3S/c1-3-39-31(38)28-20(2)34-32-36(29(28)21-11-5-4-6-12-21)30(37)27(40-32)17-23-19-35(26-16-10-8-14-24(23)26)18-22-13-7-9-15-25(22)33/h4-17,19,29H,3,18H2,1-2H3/b27-17-/t29-/m0/s1. The lowest BCUT2D eigenvalue weighted by Gasteiger charge is -2.24. The summed E-state index contributed by atoms with van der Waals surface area (Å²) in [5.74, 6) is -0.463. The Morgan fingerprint density at radius 1 is 1.05 bits per heavy atom. The maximum absolute atomic E-state index is 14.0. The first-order valence-corrected chi connectivity index (χ1v) is 14.2. The molecule has 1 atom stereocenters. The fraction of sp³-hybridized carbons (Fsp3) is 0.156. The lowest BCUT2D eigenvalue weighted by molar-refractivity contribution is -0.139. The molecule has 1 aliphatic rings. The van der Waals surface area contributed by atoms with Crippen molar-refractivity contribution in [3.63, 3.8) is 0 Å². The zero-order valence-corrected chi connectivity index (χ0v) is 23.6. The van der Waals surface area contributed by atoms with Gasteiger partial charge in [0.05, 0.1) is 28.5 Å². The molecule has 0 spiro atoms. The smallest absolute Gasteiger partial charge is 0.338 e. The molecule has 200 valence electrons. The van der Waals surface area contributed by atoms with E-state index in [1.807, 2.05) is 72.8 Å². The summed E-state index contributed by atoms with van der Waals surface area (Å²) in [6.07, 6.45) is 3.97. The number of para-hydroxylation sites is 1. The van der Waals surface area contributed by atoms with Crippen LogP contribution in [0.25, 0.3) is 17.0 Å². The SMILES string of the molecule is CCOC(=O)C1=C(C)N=c2s/c(=C\c3cn(Cc4ccccc4Cl)c4ccccc34)c(=O)n2[C@H]1c1ccccc1. The average Bonchev–Trinajstić information content (AvgIpc) is 3.46. The highest BCUT2D eigenvalue weighted by Crippen LogP contribution is 2.31. The van der Waals surface area contributed by atoms with E-state index in [1.54, 1.807) is 18.4 Å². The number of carbonyl (C=O) groups excluding carboxylic acids is 1. The normalized spacial score (nSPS) is 15.3. The monoisotopic (exact) mass is 567 g/mol. The van der Waals surface area contributed by atoms with E-state index in [-0.39, 0.29) is 12.2 Å². The number of fused-ring (bicyclic) bond motifs is 2. The van der Waals surface area contributed by atoms with Crippen molar-refractivity contribution in [1.29, 1.82) is 0 Å². The molecule has 2 aromatic heterocycles. The van der Waals surface area contributed by atoms with E-state index in [0.717, 1.165) is 27.6 Å². The van der Waals surface area contributed by atoms with Gasteiger partial charge in [-0.3, -0.25) is 9.36 Å². The number of carbonyl (C=O) groups is 1. The molecule has 5 aromatic rings. The van der Waals surface area contributed by atoms with Crippen molar-refractivity contribution in [2.45, 2.75) is 26.4 Å². The second-order valence-corrected chi connectivity index (χ2v) is 11.0. The number of hydrogen-bond acceptors (Lipinski definition) is 5. The van der Waals surface area contributed by atoms with E-state index in [4.69, 9.17) is 16.3 Å². The number of nitrogens with zero attached hydrogens (tertiary/aromatic N) is 3. The number of rotatable bonds is 6. The Hall–Kier alpha value is -4.20. The van der Waals surface area contributed by atoms with Crippen molar-refractivity contribution in [3.8, 4) is 0 Å². The van der Waals surface area contributed by atoms with Crippen molar-refractivity contribution in [2.75, 3.05) is 6.61 Å². The summed E-state index contributed by atoms with van der Waals surface area (Å²) in [7, 11) is 0. The summed E-state index contributed by atoms with van der Waals surface area (Å²) >= 11 is 7.78. The third-order valence-corrected chi connectivity index (χ3v) is 8.39. The van der Waals surface area contributed by atoms with Gasteiger partial charge in [0, 0.05) is 34.2 Å². The predicted octanol–water partition coefficient (Wildman–Crippen LogP) is 5.45. The van der Waals surface area contributed by atoms with Crippen LogP contribution in [0.3, 0.4) is 0 Å². The van der Waals surface area contributed by atoms with Gasteiger partial charge >= 0.3 is 5.97 Å². The second kappa shape index (κ2) is 10.8. The number of halogens is 1. The first kappa shape index (κ1) is 26.0. The van der Waals surface area contributed by atoms with Gasteiger partial charge in [0.2, 0.25) is 0 Å². The summed E-state index contributed by atoms with van der Waals surface area (Å²) in [6.45, 7) is 4.40. The summed E-state index contributed by atoms with van der Waals surface area (Å²) < 4.78 is 9.69. The van der Waals surface area contributed by atoms with E-state index in [2.05, 4.69) is 27.9 Å². The Kier molecular flexibility index (Phi) is 7.00. The van der Waals surface area contributed by atoms with Crippen molar-refractivity contribution in [3.05, 3.63) is 138 Å². The fourth-order valence-corrected chi connectivity index (χ4v) is 6.45.